The largest absolute Gasteiger partial charge is 0.456 e. The molecule has 6 aromatic heterocycles. The first-order valence-corrected chi connectivity index (χ1v) is 30.3. The third kappa shape index (κ3) is 7.67. The summed E-state index contributed by atoms with van der Waals surface area (Å²) in [5.74, 6) is 0.852. The van der Waals surface area contributed by atoms with Gasteiger partial charge in [-0.15, -0.1) is 0 Å². The van der Waals surface area contributed by atoms with Crippen molar-refractivity contribution in [3.05, 3.63) is 303 Å². The van der Waals surface area contributed by atoms with E-state index < -0.39 is 0 Å². The smallest absolute Gasteiger partial charge is 0.138 e. The van der Waals surface area contributed by atoms with Crippen molar-refractivity contribution in [2.24, 2.45) is 0 Å². The van der Waals surface area contributed by atoms with E-state index in [9.17, 15) is 0 Å². The lowest BCUT2D eigenvalue weighted by atomic mass is 9.95. The number of nitrogens with zero attached hydrogens (tertiary/aromatic N) is 4. The van der Waals surface area contributed by atoms with Crippen LogP contribution in [0, 0.1) is 0 Å². The molecule has 19 rings (SSSR count). The number of fused-ring (bicyclic) bond motifs is 16. The molecular formula is C83H50N4O2. The van der Waals surface area contributed by atoms with Crippen LogP contribution in [0.2, 0.25) is 0 Å². The molecule has 0 aliphatic rings. The van der Waals surface area contributed by atoms with Crippen LogP contribution < -0.4 is 0 Å². The first kappa shape index (κ1) is 49.3. The van der Waals surface area contributed by atoms with Gasteiger partial charge < -0.3 is 18.0 Å². The molecule has 19 aromatic rings. The number of rotatable bonds is 8. The highest BCUT2D eigenvalue weighted by atomic mass is 16.3. The van der Waals surface area contributed by atoms with E-state index in [4.69, 9.17) is 13.8 Å². The summed E-state index contributed by atoms with van der Waals surface area (Å²) < 4.78 is 20.4. The van der Waals surface area contributed by atoms with Crippen molar-refractivity contribution in [1.82, 2.24) is 18.7 Å². The topological polar surface area (TPSA) is 54.0 Å². The Morgan fingerprint density at radius 1 is 0.225 bits per heavy atom. The van der Waals surface area contributed by atoms with E-state index in [2.05, 4.69) is 317 Å². The Kier molecular flexibility index (Phi) is 10.7. The Morgan fingerprint density at radius 3 is 1.22 bits per heavy atom. The standard InChI is InChI=1S/C83H50N4O2/c1-4-17-51(18-5-1)53-32-39-77-67(46-53)69-48-55(34-41-79(69)88-77)58-43-59(56-35-42-80-70(49-56)68-47-54(33-40-78(68)89-80)52-19-6-2-7-20-52)45-61(44-58)86-74-29-15-12-25-65(74)82-76(86)38-36-64-62-23-10-14-28-73(62)87(83(64)82)81-30-16-26-71(84-81)57-31-37-75-66(50-57)63-24-11-13-27-72(63)85(75)60-21-8-3-9-22-60/h1-50H. The summed E-state index contributed by atoms with van der Waals surface area (Å²) in [6, 6.07) is 109. The van der Waals surface area contributed by atoms with Gasteiger partial charge >= 0.3 is 0 Å². The number of benzene rings is 13. The average Bonchev–Trinajstić information content (AvgIpc) is 1.58. The maximum Gasteiger partial charge on any atom is 0.138 e. The van der Waals surface area contributed by atoms with Gasteiger partial charge in [0.05, 0.1) is 38.8 Å². The number of hydrogen-bond acceptors (Lipinski definition) is 3. The number of furan rings is 2. The summed E-state index contributed by atoms with van der Waals surface area (Å²) in [5.41, 5.74) is 23.3. The molecule has 6 nitrogen and oxygen atoms in total. The zero-order chi connectivity index (χ0) is 58.3. The van der Waals surface area contributed by atoms with E-state index in [-0.39, 0.29) is 0 Å². The third-order valence-corrected chi connectivity index (χ3v) is 18.4. The van der Waals surface area contributed by atoms with Gasteiger partial charge in [-0.1, -0.05) is 176 Å². The normalized spacial score (nSPS) is 12.0. The molecule has 6 heterocycles. The van der Waals surface area contributed by atoms with Gasteiger partial charge in [-0.2, -0.15) is 0 Å². The van der Waals surface area contributed by atoms with Crippen molar-refractivity contribution in [2.45, 2.75) is 0 Å². The fraction of sp³-hybridized carbons (Fsp3) is 0. The van der Waals surface area contributed by atoms with Gasteiger partial charge in [-0.3, -0.25) is 4.57 Å². The monoisotopic (exact) mass is 1130 g/mol. The number of para-hydroxylation sites is 4. The summed E-state index contributed by atoms with van der Waals surface area (Å²) in [5, 5.41) is 11.4. The highest BCUT2D eigenvalue weighted by Gasteiger charge is 2.24. The molecule has 0 saturated heterocycles. The van der Waals surface area contributed by atoms with Crippen LogP contribution >= 0.6 is 0 Å². The molecule has 0 bridgehead atoms. The second kappa shape index (κ2) is 19.3. The number of pyridine rings is 1. The molecule has 0 unspecified atom stereocenters. The van der Waals surface area contributed by atoms with E-state index in [0.29, 0.717) is 0 Å². The molecule has 0 N–H and O–H groups in total. The van der Waals surface area contributed by atoms with Crippen LogP contribution in [0.15, 0.2) is 312 Å². The Balaban J connectivity index is 0.823. The fourth-order valence-electron chi connectivity index (χ4n) is 14.3. The van der Waals surface area contributed by atoms with Crippen LogP contribution in [0.1, 0.15) is 0 Å². The van der Waals surface area contributed by atoms with Gasteiger partial charge in [-0.25, -0.2) is 4.98 Å². The first-order valence-electron chi connectivity index (χ1n) is 30.3. The third-order valence-electron chi connectivity index (χ3n) is 18.4. The Hall–Kier alpha value is -12.0. The van der Waals surface area contributed by atoms with Crippen LogP contribution in [-0.4, -0.2) is 18.7 Å². The quantitative estimate of drug-likeness (QED) is 0.152. The van der Waals surface area contributed by atoms with Gasteiger partial charge in [0, 0.05) is 70.8 Å². The summed E-state index contributed by atoms with van der Waals surface area (Å²) in [6.45, 7) is 0. The predicted octanol–water partition coefficient (Wildman–Crippen LogP) is 22.5. The van der Waals surface area contributed by atoms with Crippen LogP contribution in [0.25, 0.3) is 182 Å². The van der Waals surface area contributed by atoms with Crippen molar-refractivity contribution in [3.63, 3.8) is 0 Å². The minimum absolute atomic E-state index is 0.852. The van der Waals surface area contributed by atoms with Crippen LogP contribution in [0.4, 0.5) is 0 Å². The van der Waals surface area contributed by atoms with Crippen molar-refractivity contribution in [1.29, 1.82) is 0 Å². The van der Waals surface area contributed by atoms with Gasteiger partial charge in [-0.05, 0) is 172 Å². The maximum atomic E-state index is 6.56. The summed E-state index contributed by atoms with van der Waals surface area (Å²) in [6.07, 6.45) is 0. The van der Waals surface area contributed by atoms with E-state index in [1.807, 2.05) is 0 Å². The van der Waals surface area contributed by atoms with E-state index >= 15 is 0 Å². The molecule has 0 aliphatic heterocycles. The Bertz CT molecular complexity index is 5920. The average molecular weight is 1140 g/mol. The molecule has 0 radical (unpaired) electrons. The van der Waals surface area contributed by atoms with Crippen molar-refractivity contribution < 1.29 is 8.83 Å². The maximum absolute atomic E-state index is 6.56. The van der Waals surface area contributed by atoms with Crippen molar-refractivity contribution >= 4 is 109 Å². The van der Waals surface area contributed by atoms with Gasteiger partial charge in [0.25, 0.3) is 0 Å². The lowest BCUT2D eigenvalue weighted by Crippen LogP contribution is -1.99. The number of hydrogen-bond donors (Lipinski definition) is 0. The van der Waals surface area contributed by atoms with Crippen LogP contribution in [0.3, 0.4) is 0 Å². The minimum Gasteiger partial charge on any atom is -0.456 e. The summed E-state index contributed by atoms with van der Waals surface area (Å²) >= 11 is 0. The summed E-state index contributed by atoms with van der Waals surface area (Å²) in [7, 11) is 0. The Labute approximate surface area is 510 Å². The molecule has 0 atom stereocenters. The predicted molar refractivity (Wildman–Crippen MR) is 369 cm³/mol. The fourth-order valence-corrected chi connectivity index (χ4v) is 14.3. The molecule has 0 amide bonds. The molecule has 6 heteroatoms. The molecule has 0 fully saturated rings. The molecule has 0 spiro atoms. The molecule has 89 heavy (non-hydrogen) atoms. The summed E-state index contributed by atoms with van der Waals surface area (Å²) in [4.78, 5) is 5.63. The van der Waals surface area contributed by atoms with Crippen molar-refractivity contribution in [2.75, 3.05) is 0 Å². The minimum atomic E-state index is 0.852. The first-order chi connectivity index (χ1) is 44.1. The molecular weight excluding hydrogens is 1080 g/mol. The van der Waals surface area contributed by atoms with E-state index in [0.717, 1.165) is 144 Å². The number of aromatic nitrogens is 4. The molecule has 414 valence electrons. The second-order valence-corrected chi connectivity index (χ2v) is 23.4. The molecule has 13 aromatic carbocycles. The van der Waals surface area contributed by atoms with Gasteiger partial charge in [0.2, 0.25) is 0 Å². The van der Waals surface area contributed by atoms with Crippen LogP contribution in [-0.2, 0) is 0 Å². The van der Waals surface area contributed by atoms with E-state index in [1.54, 1.807) is 0 Å². The highest BCUT2D eigenvalue weighted by molar-refractivity contribution is 6.26. The highest BCUT2D eigenvalue weighted by Crippen LogP contribution is 2.45. The SMILES string of the molecule is c1ccc(-c2ccc3oc4ccc(-c5cc(-c6ccc7oc8ccc(-c9ccccc9)cc8c7c6)cc(-n6c7ccccc7c7c6ccc6c8ccccc8n(-c8cccc(-c9ccc%10c(c9)c9ccccc9n%10-c9ccccc9)n8)c67)c5)cc4c3c2)cc1. The van der Waals surface area contributed by atoms with Gasteiger partial charge in [0.1, 0.15) is 28.1 Å². The van der Waals surface area contributed by atoms with Crippen molar-refractivity contribution in [3.8, 4) is 73.0 Å². The molecule has 0 saturated carbocycles. The lowest BCUT2D eigenvalue weighted by molar-refractivity contribution is 0.668. The van der Waals surface area contributed by atoms with E-state index in [1.165, 1.54) is 38.2 Å². The zero-order valence-electron chi connectivity index (χ0n) is 48.0. The second-order valence-electron chi connectivity index (χ2n) is 23.4. The van der Waals surface area contributed by atoms with Crippen LogP contribution in [0.5, 0.6) is 0 Å². The Morgan fingerprint density at radius 2 is 0.652 bits per heavy atom. The van der Waals surface area contributed by atoms with Gasteiger partial charge in [0.15, 0.2) is 0 Å². The lowest BCUT2D eigenvalue weighted by Gasteiger charge is -2.14. The zero-order valence-corrected chi connectivity index (χ0v) is 48.0. The molecule has 0 aliphatic carbocycles.